The number of nitrogens with one attached hydrogen (secondary N) is 1. The number of anilines is 1. The lowest BCUT2D eigenvalue weighted by Gasteiger charge is -2.19. The Bertz CT molecular complexity index is 1280. The molecule has 2 aromatic carbocycles. The second-order valence-corrected chi connectivity index (χ2v) is 10.2. The van der Waals surface area contributed by atoms with Gasteiger partial charge in [-0.15, -0.1) is 0 Å². The number of methoxy groups -OCH3 is 2. The molecular weight excluding hydrogens is 432 g/mol. The first kappa shape index (κ1) is 23.3. The van der Waals surface area contributed by atoms with Crippen molar-refractivity contribution < 1.29 is 23.2 Å². The van der Waals surface area contributed by atoms with E-state index in [2.05, 4.69) is 19.6 Å². The van der Waals surface area contributed by atoms with Gasteiger partial charge < -0.3 is 14.2 Å². The van der Waals surface area contributed by atoms with Gasteiger partial charge in [0.05, 0.1) is 29.5 Å². The first-order valence-corrected chi connectivity index (χ1v) is 11.6. The van der Waals surface area contributed by atoms with Crippen LogP contribution in [0.2, 0.25) is 0 Å². The molecule has 0 radical (unpaired) electrons. The summed E-state index contributed by atoms with van der Waals surface area (Å²) in [6.45, 7) is 5.33. The van der Waals surface area contributed by atoms with Crippen molar-refractivity contribution in [3.05, 3.63) is 42.7 Å². The first-order chi connectivity index (χ1) is 15.0. The van der Waals surface area contributed by atoms with Gasteiger partial charge in [0.15, 0.2) is 17.3 Å². The summed E-state index contributed by atoms with van der Waals surface area (Å²) in [5.74, 6) is 1.26. The van der Waals surface area contributed by atoms with Crippen LogP contribution in [0.15, 0.2) is 52.0 Å². The predicted molar refractivity (Wildman–Crippen MR) is 123 cm³/mol. The van der Waals surface area contributed by atoms with Crippen molar-refractivity contribution in [2.24, 2.45) is 4.36 Å². The van der Waals surface area contributed by atoms with Crippen molar-refractivity contribution in [3.63, 3.8) is 0 Å². The van der Waals surface area contributed by atoms with Gasteiger partial charge in [-0.1, -0.05) is 6.07 Å². The van der Waals surface area contributed by atoms with E-state index in [1.54, 1.807) is 57.2 Å². The Hall–Kier alpha value is -3.40. The van der Waals surface area contributed by atoms with Crippen LogP contribution in [-0.4, -0.2) is 46.3 Å². The largest absolute Gasteiger partial charge is 0.493 e. The van der Waals surface area contributed by atoms with Crippen LogP contribution in [0.25, 0.3) is 10.9 Å². The van der Waals surface area contributed by atoms with Crippen LogP contribution in [0.5, 0.6) is 11.5 Å². The number of carbonyl (C=O) groups is 1. The fraction of sp³-hybridized carbons (Fsp3) is 0.318. The molecule has 3 rings (SSSR count). The molecule has 0 aliphatic heterocycles. The van der Waals surface area contributed by atoms with Gasteiger partial charge in [-0.2, -0.15) is 4.36 Å². The van der Waals surface area contributed by atoms with E-state index < -0.39 is 21.4 Å². The highest BCUT2D eigenvalue weighted by Gasteiger charge is 2.17. The zero-order valence-electron chi connectivity index (χ0n) is 18.8. The molecule has 170 valence electrons. The summed E-state index contributed by atoms with van der Waals surface area (Å²) < 4.78 is 33.9. The topological polar surface area (TPSA) is 112 Å². The third kappa shape index (κ3) is 5.44. The fourth-order valence-corrected chi connectivity index (χ4v) is 4.15. The summed E-state index contributed by atoms with van der Waals surface area (Å²) in [6.07, 6.45) is 2.26. The number of fused-ring (bicyclic) bond motifs is 1. The van der Waals surface area contributed by atoms with E-state index in [0.29, 0.717) is 33.0 Å². The molecule has 0 bridgehead atoms. The molecule has 1 heterocycles. The highest BCUT2D eigenvalue weighted by atomic mass is 32.2. The number of hydrogen-bond donors (Lipinski definition) is 1. The molecule has 10 heteroatoms. The van der Waals surface area contributed by atoms with E-state index >= 15 is 0 Å². The average Bonchev–Trinajstić information content (AvgIpc) is 2.71. The van der Waals surface area contributed by atoms with Crippen molar-refractivity contribution >= 4 is 38.2 Å². The molecule has 32 heavy (non-hydrogen) atoms. The normalized spacial score (nSPS) is 13.2. The summed E-state index contributed by atoms with van der Waals surface area (Å²) in [5.41, 5.74) is 0.389. The van der Waals surface area contributed by atoms with Gasteiger partial charge in [-0.05, 0) is 45.0 Å². The third-order valence-electron chi connectivity index (χ3n) is 4.30. The van der Waals surface area contributed by atoms with Crippen LogP contribution in [0.1, 0.15) is 20.8 Å². The molecular formula is C22H26N4O5S. The Morgan fingerprint density at radius 3 is 2.41 bits per heavy atom. The van der Waals surface area contributed by atoms with E-state index in [0.717, 1.165) is 0 Å². The van der Waals surface area contributed by atoms with Gasteiger partial charge in [0.1, 0.15) is 11.9 Å². The summed E-state index contributed by atoms with van der Waals surface area (Å²) in [5, 5.41) is 3.22. The lowest BCUT2D eigenvalue weighted by atomic mass is 10.2. The maximum absolute atomic E-state index is 13.5. The van der Waals surface area contributed by atoms with E-state index in [9.17, 15) is 9.00 Å². The summed E-state index contributed by atoms with van der Waals surface area (Å²) in [4.78, 5) is 21.0. The van der Waals surface area contributed by atoms with Crippen molar-refractivity contribution in [1.29, 1.82) is 0 Å². The van der Waals surface area contributed by atoms with Crippen LogP contribution < -0.4 is 14.8 Å². The van der Waals surface area contributed by atoms with Crippen LogP contribution >= 0.6 is 0 Å². The molecule has 0 fully saturated rings. The highest BCUT2D eigenvalue weighted by molar-refractivity contribution is 7.93. The molecule has 0 aliphatic rings. The van der Waals surface area contributed by atoms with Crippen molar-refractivity contribution in [1.82, 2.24) is 9.97 Å². The minimum Gasteiger partial charge on any atom is -0.493 e. The first-order valence-electron chi connectivity index (χ1n) is 9.71. The fourth-order valence-electron chi connectivity index (χ4n) is 2.89. The molecule has 0 aliphatic carbocycles. The molecule has 0 saturated carbocycles. The van der Waals surface area contributed by atoms with Gasteiger partial charge >= 0.3 is 6.09 Å². The maximum Gasteiger partial charge on any atom is 0.412 e. The molecule has 1 amide bonds. The predicted octanol–water partition coefficient (Wildman–Crippen LogP) is 4.78. The Kier molecular flexibility index (Phi) is 6.54. The number of benzene rings is 2. The number of aromatic nitrogens is 2. The van der Waals surface area contributed by atoms with Gasteiger partial charge in [0, 0.05) is 28.3 Å². The van der Waals surface area contributed by atoms with Crippen molar-refractivity contribution in [3.8, 4) is 11.5 Å². The number of hydrogen-bond acceptors (Lipinski definition) is 8. The van der Waals surface area contributed by atoms with Crippen molar-refractivity contribution in [2.75, 3.05) is 25.8 Å². The maximum atomic E-state index is 13.5. The Morgan fingerprint density at radius 2 is 1.75 bits per heavy atom. The number of carbonyl (C=O) groups excluding carboxylic acids is 1. The number of nitrogens with zero attached hydrogens (tertiary/aromatic N) is 3. The Labute approximate surface area is 187 Å². The zero-order chi connectivity index (χ0) is 23.5. The molecule has 1 aromatic heterocycles. The molecule has 0 spiro atoms. The van der Waals surface area contributed by atoms with Crippen LogP contribution in [0, 0.1) is 0 Å². The van der Waals surface area contributed by atoms with Crippen LogP contribution in [0.4, 0.5) is 16.3 Å². The number of amides is 1. The van der Waals surface area contributed by atoms with Gasteiger partial charge in [-0.25, -0.2) is 19.0 Å². The minimum atomic E-state index is -2.91. The molecule has 0 saturated heterocycles. The quantitative estimate of drug-likeness (QED) is 0.585. The van der Waals surface area contributed by atoms with Crippen molar-refractivity contribution in [2.45, 2.75) is 31.3 Å². The summed E-state index contributed by atoms with van der Waals surface area (Å²) in [7, 11) is 0.146. The van der Waals surface area contributed by atoms with E-state index in [-0.39, 0.29) is 5.82 Å². The van der Waals surface area contributed by atoms with Gasteiger partial charge in [-0.3, -0.25) is 5.32 Å². The van der Waals surface area contributed by atoms with Crippen LogP contribution in [-0.2, 0) is 14.5 Å². The molecule has 9 nitrogen and oxygen atoms in total. The third-order valence-corrected chi connectivity index (χ3v) is 5.95. The van der Waals surface area contributed by atoms with Crippen LogP contribution in [0.3, 0.4) is 0 Å². The Morgan fingerprint density at radius 1 is 1.06 bits per heavy atom. The van der Waals surface area contributed by atoms with Gasteiger partial charge in [0.25, 0.3) is 0 Å². The monoisotopic (exact) mass is 458 g/mol. The second-order valence-electron chi connectivity index (χ2n) is 7.97. The van der Waals surface area contributed by atoms with E-state index in [1.807, 2.05) is 0 Å². The lowest BCUT2D eigenvalue weighted by Crippen LogP contribution is -2.27. The molecule has 3 aromatic rings. The lowest BCUT2D eigenvalue weighted by molar-refractivity contribution is 0.0636. The minimum absolute atomic E-state index is 0.258. The number of ether oxygens (including phenoxy) is 3. The number of rotatable bonds is 5. The summed E-state index contributed by atoms with van der Waals surface area (Å²) >= 11 is 0. The SMILES string of the molecule is COc1cc2ncnc(N=S(C)(=O)c3cccc(NC(=O)OC(C)(C)C)c3)c2cc1OC. The molecule has 1 atom stereocenters. The zero-order valence-corrected chi connectivity index (χ0v) is 19.6. The standard InChI is InChI=1S/C22H26N4O5S/c1-22(2,3)31-21(27)25-14-8-7-9-15(10-14)32(6,28)26-20-16-11-18(29-4)19(30-5)12-17(16)23-13-24-20/h7-13H,1-6H3,(H,25,27). The smallest absolute Gasteiger partial charge is 0.412 e. The second kappa shape index (κ2) is 8.99. The van der Waals surface area contributed by atoms with E-state index in [4.69, 9.17) is 14.2 Å². The summed E-state index contributed by atoms with van der Waals surface area (Å²) in [6, 6.07) is 10.1. The Balaban J connectivity index is 2.01. The molecule has 1 N–H and O–H groups in total. The van der Waals surface area contributed by atoms with E-state index in [1.165, 1.54) is 26.8 Å². The van der Waals surface area contributed by atoms with Gasteiger partial charge in [0.2, 0.25) is 0 Å². The average molecular weight is 459 g/mol. The highest BCUT2D eigenvalue weighted by Crippen LogP contribution is 2.35. The molecule has 1 unspecified atom stereocenters.